The van der Waals surface area contributed by atoms with Crippen LogP contribution in [-0.4, -0.2) is 286 Å². The van der Waals surface area contributed by atoms with Gasteiger partial charge >= 0.3 is 11.9 Å². The molecule has 14 atom stereocenters. The summed E-state index contributed by atoms with van der Waals surface area (Å²) >= 11 is 0. The van der Waals surface area contributed by atoms with E-state index in [-0.39, 0.29) is 102 Å². The van der Waals surface area contributed by atoms with E-state index < -0.39 is 169 Å². The lowest BCUT2D eigenvalue weighted by molar-refractivity contribution is -0.158. The molecule has 12 rings (SSSR count). The molecular weight excluding hydrogens is 1480 g/mol. The lowest BCUT2D eigenvalue weighted by Gasteiger charge is -2.39. The van der Waals surface area contributed by atoms with Gasteiger partial charge in [-0.2, -0.15) is 0 Å². The molecule has 616 valence electrons. The number of nitrogens with zero attached hydrogens (tertiary/aromatic N) is 8. The number of likely N-dealkylation sites (N-methyl/N-ethyl adjacent to an activating group) is 1. The van der Waals surface area contributed by atoms with Gasteiger partial charge in [0, 0.05) is 72.1 Å². The molecule has 8 heterocycles. The second-order valence-electron chi connectivity index (χ2n) is 31.4. The average Bonchev–Trinajstić information content (AvgIpc) is 1.73. The minimum atomic E-state index is -1.53. The van der Waals surface area contributed by atoms with Gasteiger partial charge in [0.05, 0.1) is 32.2 Å². The first kappa shape index (κ1) is 85.1. The third-order valence-electron chi connectivity index (χ3n) is 22.6. The monoisotopic (exact) mass is 1590 g/mol. The molecule has 8 aliphatic heterocycles. The molecule has 31 nitrogen and oxygen atoms in total. The van der Waals surface area contributed by atoms with E-state index >= 15 is 0 Å². The molecule has 6 N–H and O–H groups in total. The molecule has 7 saturated heterocycles. The maximum Gasteiger partial charge on any atom is 0.328 e. The van der Waals surface area contributed by atoms with Crippen LogP contribution in [-0.2, 0) is 107 Å². The van der Waals surface area contributed by atoms with Crippen LogP contribution in [0.2, 0.25) is 0 Å². The summed E-state index contributed by atoms with van der Waals surface area (Å²) in [6, 6.07) is 23.8. The first-order valence-corrected chi connectivity index (χ1v) is 40.1. The van der Waals surface area contributed by atoms with Crippen molar-refractivity contribution in [2.24, 2.45) is 16.8 Å². The number of carbonyl (C=O) groups is 14. The number of aliphatic hydroxyl groups is 1. The van der Waals surface area contributed by atoms with Gasteiger partial charge in [-0.25, -0.2) is 14.6 Å². The third kappa shape index (κ3) is 22.2. The Labute approximate surface area is 669 Å². The van der Waals surface area contributed by atoms with Crippen LogP contribution in [0.5, 0.6) is 0 Å². The fourth-order valence-electron chi connectivity index (χ4n) is 16.6. The normalized spacial score (nSPS) is 26.8. The highest BCUT2D eigenvalue weighted by Gasteiger charge is 2.50. The average molecular weight is 1590 g/mol. The van der Waals surface area contributed by atoms with Crippen LogP contribution in [0.4, 0.5) is 0 Å². The largest absolute Gasteiger partial charge is 0.461 e. The van der Waals surface area contributed by atoms with Gasteiger partial charge in [0.2, 0.25) is 59.1 Å². The second-order valence-corrected chi connectivity index (χ2v) is 31.4. The van der Waals surface area contributed by atoms with Crippen molar-refractivity contribution in [2.45, 2.75) is 190 Å². The van der Waals surface area contributed by atoms with Gasteiger partial charge in [0.25, 0.3) is 11.8 Å². The number of hydrogen-bond donors (Lipinski definition) is 6. The molecule has 0 aromatic heterocycles. The molecule has 7 fully saturated rings. The molecule has 0 saturated carbocycles. The van der Waals surface area contributed by atoms with Crippen molar-refractivity contribution in [1.29, 1.82) is 0 Å². The summed E-state index contributed by atoms with van der Waals surface area (Å²) in [7, 11) is 1.52. The van der Waals surface area contributed by atoms with Crippen molar-refractivity contribution >= 4 is 88.5 Å². The van der Waals surface area contributed by atoms with Crippen LogP contribution in [0.1, 0.15) is 114 Å². The molecule has 4 aromatic carbocycles. The molecule has 0 aliphatic carbocycles. The zero-order valence-corrected chi connectivity index (χ0v) is 66.0. The Hall–Kier alpha value is -10.8. The number of cyclic esters (lactones) is 2. The number of ether oxygens (including phenoxy) is 3. The van der Waals surface area contributed by atoms with E-state index in [1.807, 2.05) is 74.5 Å². The van der Waals surface area contributed by atoms with Crippen LogP contribution >= 0.6 is 0 Å². The number of hydrogen-bond acceptors (Lipinski definition) is 19. The van der Waals surface area contributed by atoms with Gasteiger partial charge < -0.3 is 75.3 Å². The van der Waals surface area contributed by atoms with Crippen LogP contribution < -0.4 is 26.6 Å². The number of piperidine rings is 1. The van der Waals surface area contributed by atoms with Crippen LogP contribution in [0.15, 0.2) is 126 Å². The van der Waals surface area contributed by atoms with Crippen molar-refractivity contribution in [2.75, 3.05) is 85.8 Å². The van der Waals surface area contributed by atoms with Crippen LogP contribution in [0, 0.1) is 11.8 Å². The number of fused-ring (bicyclic) bond motifs is 5. The van der Waals surface area contributed by atoms with E-state index in [9.17, 15) is 72.2 Å². The first-order chi connectivity index (χ1) is 55.3. The summed E-state index contributed by atoms with van der Waals surface area (Å²) in [5.74, 6) is -8.73. The van der Waals surface area contributed by atoms with Gasteiger partial charge in [0.15, 0.2) is 0 Å². The van der Waals surface area contributed by atoms with Crippen molar-refractivity contribution in [3.63, 3.8) is 0 Å². The molecule has 8 aliphatic rings. The van der Waals surface area contributed by atoms with Gasteiger partial charge in [0.1, 0.15) is 85.4 Å². The summed E-state index contributed by atoms with van der Waals surface area (Å²) in [6.07, 6.45) is 2.78. The fourth-order valence-corrected chi connectivity index (χ4v) is 16.6. The summed E-state index contributed by atoms with van der Waals surface area (Å²) in [5, 5.41) is 24.7. The minimum absolute atomic E-state index is 0.00198. The number of carbonyl (C=O) groups excluding carboxylic acids is 14. The lowest BCUT2D eigenvalue weighted by atomic mass is 9.99. The number of aliphatic hydroxyl groups excluding tert-OH is 1. The lowest BCUT2D eigenvalue weighted by Crippen LogP contribution is -2.62. The van der Waals surface area contributed by atoms with Gasteiger partial charge in [-0.1, -0.05) is 135 Å². The Morgan fingerprint density at radius 1 is 0.522 bits per heavy atom. The van der Waals surface area contributed by atoms with Gasteiger partial charge in [-0.15, -0.1) is 0 Å². The summed E-state index contributed by atoms with van der Waals surface area (Å²) in [5.41, 5.74) is 2.87. The number of morpholine rings is 1. The molecule has 0 bridgehead atoms. The van der Waals surface area contributed by atoms with E-state index in [0.717, 1.165) is 35.3 Å². The first-order valence-electron chi connectivity index (χ1n) is 40.1. The highest BCUT2D eigenvalue weighted by molar-refractivity contribution is 6.40. The van der Waals surface area contributed by atoms with E-state index in [4.69, 9.17) is 14.2 Å². The maximum atomic E-state index is 14.6. The standard InChI is InChI=1S/C44H57N7O9.C40H50N6O9/c1-29-24-37-44(58)60-28-34(47-39(53)33(25-31-12-6-4-7-13-31)46-38(52)26-32-14-8-5-9-15-32)42(56)50-19-11-17-36(50)43(57)48(3)35(16-10-18-49-20-22-59-23-21-49)40(54)45-30(2)41(55)51(37)27-29;1-24-17-33-40(54)55-23-30(43-35(49)29(18-26-11-5-3-6-12-26)42-34(48)19-27-13-7-4-8-14-27)38(52)46-22-28(47)20-32(46)39(53)44-16-10-9-15-31(44)36(50)41-25(2)37(51)45(33)21-24/h4-9,12-15,29,33-37H,10-11,16-28H2,1-3H3,(H,46,52)(H,47,53);3-8,11-14,24-25,28-33,47H,9-10,15-23H2,1-2H3,(H,41,50)(H,42,48)(H,43,49)/t29-,33+,34+,35+,36+,37+;24-,25+,28?,29+,30+,31+,32+,33+/m11/s1. The predicted octanol–water partition coefficient (Wildman–Crippen LogP) is 1.24. The Morgan fingerprint density at radius 2 is 0.991 bits per heavy atom. The summed E-state index contributed by atoms with van der Waals surface area (Å²) in [4.78, 5) is 210. The zero-order valence-electron chi connectivity index (χ0n) is 66.0. The van der Waals surface area contributed by atoms with Crippen LogP contribution in [0.25, 0.3) is 0 Å². The Balaban J connectivity index is 0.000000227. The smallest absolute Gasteiger partial charge is 0.328 e. The number of nitrogens with one attached hydrogen (secondary N) is 5. The number of amides is 12. The third-order valence-corrected chi connectivity index (χ3v) is 22.6. The Kier molecular flexibility index (Phi) is 29.6. The number of benzene rings is 4. The predicted molar refractivity (Wildman–Crippen MR) is 418 cm³/mol. The highest BCUT2D eigenvalue weighted by Crippen LogP contribution is 2.31. The molecule has 0 radical (unpaired) electrons. The van der Waals surface area contributed by atoms with E-state index in [0.29, 0.717) is 58.3 Å². The van der Waals surface area contributed by atoms with E-state index in [1.54, 1.807) is 60.7 Å². The van der Waals surface area contributed by atoms with Crippen molar-refractivity contribution < 1.29 is 86.4 Å². The summed E-state index contributed by atoms with van der Waals surface area (Å²) < 4.78 is 16.9. The number of esters is 2. The number of aliphatic imine (C=N–C) groups is 1. The molecular formula is C84H107N13O18. The molecule has 0 spiro atoms. The molecule has 4 aromatic rings. The minimum Gasteiger partial charge on any atom is -0.461 e. The zero-order chi connectivity index (χ0) is 82.0. The Morgan fingerprint density at radius 3 is 1.53 bits per heavy atom. The van der Waals surface area contributed by atoms with Gasteiger partial charge in [-0.3, -0.25) is 62.4 Å². The van der Waals surface area contributed by atoms with Gasteiger partial charge in [-0.05, 0) is 112 Å². The van der Waals surface area contributed by atoms with E-state index in [2.05, 4.69) is 36.5 Å². The second kappa shape index (κ2) is 40.0. The van der Waals surface area contributed by atoms with E-state index in [1.165, 1.54) is 50.3 Å². The quantitative estimate of drug-likeness (QED) is 0.0763. The molecule has 12 amide bonds. The summed E-state index contributed by atoms with van der Waals surface area (Å²) in [6.45, 7) is 9.52. The van der Waals surface area contributed by atoms with Crippen LogP contribution in [0.3, 0.4) is 0 Å². The Bertz CT molecular complexity index is 4190. The molecule has 115 heavy (non-hydrogen) atoms. The van der Waals surface area contributed by atoms with Crippen molar-refractivity contribution in [3.8, 4) is 0 Å². The number of rotatable bonds is 18. The molecule has 31 heteroatoms. The topological polar surface area (TPSA) is 382 Å². The highest BCUT2D eigenvalue weighted by atomic mass is 16.5. The molecule has 1 unspecified atom stereocenters. The SMILES string of the molecule is CC1=NC(=O)[C@H](CCCN2CCOCC2)N(C)C(=O)[C@@H]2CCCN2C(=O)[C@@H](NC(=O)[C@H](Cc2ccccc2)NC(=O)Cc2ccccc2)COC(=O)[C@@H]2C[C@@H](C)CN2C1=O.C[C@@H]1C[C@H]2C(=O)OC[C@H](NC(=O)[C@H](Cc3ccccc3)NC(=O)Cc3ccccc3)C(=O)N3CC(O)C[C@H]3C(=O)N3CCCC[C@H]3C(=O)N[C@@H](C)C(=O)N2C1. The fraction of sp³-hybridized carbons (Fsp3) is 0.536. The van der Waals surface area contributed by atoms with Crippen molar-refractivity contribution in [3.05, 3.63) is 144 Å². The maximum absolute atomic E-state index is 14.6. The van der Waals surface area contributed by atoms with Crippen molar-refractivity contribution in [1.82, 2.24) is 60.9 Å².